The van der Waals surface area contributed by atoms with E-state index in [9.17, 15) is 9.90 Å². The van der Waals surface area contributed by atoms with Crippen LogP contribution >= 0.6 is 0 Å². The summed E-state index contributed by atoms with van der Waals surface area (Å²) in [5.74, 6) is 0.283. The van der Waals surface area contributed by atoms with Gasteiger partial charge in [-0.25, -0.2) is 0 Å². The Balaban J connectivity index is 1.61. The van der Waals surface area contributed by atoms with Gasteiger partial charge in [-0.05, 0) is 31.0 Å². The Morgan fingerprint density at radius 1 is 1.19 bits per heavy atom. The lowest BCUT2D eigenvalue weighted by Gasteiger charge is -2.15. The zero-order valence-corrected chi connectivity index (χ0v) is 14.6. The molecule has 1 atom stereocenters. The summed E-state index contributed by atoms with van der Waals surface area (Å²) < 4.78 is 10.7. The van der Waals surface area contributed by atoms with Crippen LogP contribution in [0.25, 0.3) is 0 Å². The van der Waals surface area contributed by atoms with Crippen molar-refractivity contribution in [2.45, 2.75) is 32.0 Å². The normalized spacial score (nSPS) is 15.0. The van der Waals surface area contributed by atoms with Crippen molar-refractivity contribution >= 4 is 17.3 Å². The maximum Gasteiger partial charge on any atom is 0.224 e. The highest BCUT2D eigenvalue weighted by molar-refractivity contribution is 5.78. The van der Waals surface area contributed by atoms with Crippen LogP contribution in [0.1, 0.15) is 25.7 Å². The molecule has 0 heterocycles. The molecule has 0 spiro atoms. The predicted octanol–water partition coefficient (Wildman–Crippen LogP) is 0.981. The van der Waals surface area contributed by atoms with Crippen LogP contribution in [0.4, 0.5) is 11.4 Å². The van der Waals surface area contributed by atoms with Crippen molar-refractivity contribution < 1.29 is 19.4 Å². The molecule has 1 aromatic rings. The largest absolute Gasteiger partial charge is 0.489 e. The number of amides is 1. The molecule has 0 saturated carbocycles. The van der Waals surface area contributed by atoms with E-state index in [2.05, 4.69) is 5.32 Å². The lowest BCUT2D eigenvalue weighted by molar-refractivity contribution is -0.128. The molecule has 1 amide bonds. The Labute approximate surface area is 152 Å². The number of hydrogen-bond acceptors (Lipinski definition) is 7. The molecule has 0 aliphatic heterocycles. The van der Waals surface area contributed by atoms with Crippen LogP contribution in [-0.4, -0.2) is 30.5 Å². The van der Waals surface area contributed by atoms with Crippen LogP contribution in [0.2, 0.25) is 0 Å². The van der Waals surface area contributed by atoms with E-state index in [1.807, 2.05) is 12.2 Å². The summed E-state index contributed by atoms with van der Waals surface area (Å²) in [6, 6.07) is 4.96. The Morgan fingerprint density at radius 2 is 1.96 bits per heavy atom. The number of rotatable bonds is 9. The Kier molecular flexibility index (Phi) is 7.31. The van der Waals surface area contributed by atoms with Crippen molar-refractivity contribution in [1.82, 2.24) is 5.32 Å². The highest BCUT2D eigenvalue weighted by Crippen LogP contribution is 2.23. The molecule has 142 valence electrons. The fourth-order valence-corrected chi connectivity index (χ4v) is 2.40. The van der Waals surface area contributed by atoms with Crippen molar-refractivity contribution in [3.8, 4) is 5.75 Å². The van der Waals surface area contributed by atoms with Gasteiger partial charge in [-0.15, -0.1) is 0 Å². The minimum atomic E-state index is -1.05. The lowest BCUT2D eigenvalue weighted by atomic mass is 10.1. The Hall–Kier alpha value is -2.71. The number of carbonyl (C=O) groups is 1. The van der Waals surface area contributed by atoms with Crippen LogP contribution in [0, 0.1) is 0 Å². The fraction of sp³-hybridized carbons (Fsp3) is 0.389. The van der Waals surface area contributed by atoms with Gasteiger partial charge in [0.1, 0.15) is 12.4 Å². The topological polar surface area (TPSA) is 146 Å². The van der Waals surface area contributed by atoms with E-state index in [0.29, 0.717) is 28.5 Å². The summed E-state index contributed by atoms with van der Waals surface area (Å²) in [6.45, 7) is 0.374. The monoisotopic (exact) mass is 362 g/mol. The van der Waals surface area contributed by atoms with Crippen LogP contribution in [-0.2, 0) is 9.53 Å². The van der Waals surface area contributed by atoms with Gasteiger partial charge in [0.05, 0.1) is 23.7 Å². The first kappa shape index (κ1) is 19.6. The van der Waals surface area contributed by atoms with Crippen molar-refractivity contribution in [3.63, 3.8) is 0 Å². The average molecular weight is 362 g/mol. The summed E-state index contributed by atoms with van der Waals surface area (Å²) in [7, 11) is 0. The minimum absolute atomic E-state index is 0.123. The number of anilines is 2. The first-order valence-electron chi connectivity index (χ1n) is 8.49. The molecule has 0 bridgehead atoms. The molecule has 1 aliphatic carbocycles. The maximum absolute atomic E-state index is 11.9. The molecule has 0 saturated heterocycles. The number of nitrogen functional groups attached to an aromatic ring is 2. The van der Waals surface area contributed by atoms with Gasteiger partial charge < -0.3 is 37.1 Å². The third kappa shape index (κ3) is 6.30. The van der Waals surface area contributed by atoms with Crippen LogP contribution in [0.3, 0.4) is 0 Å². The summed E-state index contributed by atoms with van der Waals surface area (Å²) in [6.07, 6.45) is 4.73. The number of allylic oxidation sites excluding steroid dienone is 2. The number of aliphatic hydroxyl groups excluding tert-OH is 1. The molecule has 1 aliphatic rings. The molecular formula is C18H26N4O4. The summed E-state index contributed by atoms with van der Waals surface area (Å²) in [5.41, 5.74) is 19.4. The maximum atomic E-state index is 11.9. The van der Waals surface area contributed by atoms with Crippen LogP contribution in [0.5, 0.6) is 5.75 Å². The summed E-state index contributed by atoms with van der Waals surface area (Å²) in [5, 5.41) is 12.5. The second-order valence-corrected chi connectivity index (χ2v) is 5.91. The van der Waals surface area contributed by atoms with E-state index in [0.717, 1.165) is 12.8 Å². The van der Waals surface area contributed by atoms with Crippen molar-refractivity contribution in [3.05, 3.63) is 41.7 Å². The molecule has 1 aromatic carbocycles. The molecular weight excluding hydrogens is 336 g/mol. The highest BCUT2D eigenvalue weighted by atomic mass is 16.6. The number of carbonyl (C=O) groups excluding carboxylic acids is 1. The van der Waals surface area contributed by atoms with Gasteiger partial charge in [-0.1, -0.05) is 12.2 Å². The first-order chi connectivity index (χ1) is 12.5. The van der Waals surface area contributed by atoms with Gasteiger partial charge in [0.15, 0.2) is 6.29 Å². The van der Waals surface area contributed by atoms with Gasteiger partial charge in [0, 0.05) is 18.5 Å². The van der Waals surface area contributed by atoms with Crippen molar-refractivity contribution in [1.29, 1.82) is 0 Å². The van der Waals surface area contributed by atoms with Gasteiger partial charge in [-0.2, -0.15) is 0 Å². The number of benzene rings is 1. The number of ether oxygens (including phenoxy) is 2. The Bertz CT molecular complexity index is 688. The first-order valence-corrected chi connectivity index (χ1v) is 8.49. The molecule has 0 aromatic heterocycles. The quantitative estimate of drug-likeness (QED) is 0.250. The van der Waals surface area contributed by atoms with Gasteiger partial charge in [0.2, 0.25) is 5.91 Å². The van der Waals surface area contributed by atoms with Crippen LogP contribution in [0.15, 0.2) is 41.7 Å². The molecule has 8 heteroatoms. The molecule has 0 radical (unpaired) electrons. The molecule has 8 nitrogen and oxygen atoms in total. The molecule has 1 unspecified atom stereocenters. The molecule has 2 rings (SSSR count). The number of nitrogens with one attached hydrogen (secondary N) is 1. The fourth-order valence-electron chi connectivity index (χ4n) is 2.40. The van der Waals surface area contributed by atoms with E-state index in [1.165, 1.54) is 0 Å². The van der Waals surface area contributed by atoms with Crippen molar-refractivity contribution in [2.75, 3.05) is 24.7 Å². The SMILES string of the molecule is NC1=CCCC=C1NC(=O)CCC(O)OCCOc1ccc(N)cc1N. The summed E-state index contributed by atoms with van der Waals surface area (Å²) in [4.78, 5) is 11.9. The third-order valence-corrected chi connectivity index (χ3v) is 3.77. The van der Waals surface area contributed by atoms with Crippen LogP contribution < -0.4 is 27.3 Å². The number of nitrogens with two attached hydrogens (primary N) is 3. The average Bonchev–Trinajstić information content (AvgIpc) is 2.60. The molecule has 8 N–H and O–H groups in total. The van der Waals surface area contributed by atoms with Gasteiger partial charge >= 0.3 is 0 Å². The second kappa shape index (κ2) is 9.69. The van der Waals surface area contributed by atoms with Gasteiger partial charge in [0.25, 0.3) is 0 Å². The van der Waals surface area contributed by atoms with Gasteiger partial charge in [-0.3, -0.25) is 4.79 Å². The smallest absolute Gasteiger partial charge is 0.224 e. The minimum Gasteiger partial charge on any atom is -0.489 e. The van der Waals surface area contributed by atoms with E-state index in [-0.39, 0.29) is 32.0 Å². The standard InChI is InChI=1S/C18H26N4O4/c19-12-5-6-16(14(21)11-12)25-9-10-26-18(24)8-7-17(23)22-15-4-2-1-3-13(15)20/h3-6,11,18,24H,1-2,7-10,19-21H2,(H,22,23). The summed E-state index contributed by atoms with van der Waals surface area (Å²) >= 11 is 0. The van der Waals surface area contributed by atoms with E-state index in [4.69, 9.17) is 26.7 Å². The van der Waals surface area contributed by atoms with Crippen molar-refractivity contribution in [2.24, 2.45) is 5.73 Å². The molecule has 26 heavy (non-hydrogen) atoms. The highest BCUT2D eigenvalue weighted by Gasteiger charge is 2.12. The zero-order chi connectivity index (χ0) is 18.9. The molecule has 0 fully saturated rings. The zero-order valence-electron chi connectivity index (χ0n) is 14.6. The van der Waals surface area contributed by atoms with E-state index >= 15 is 0 Å². The lowest BCUT2D eigenvalue weighted by Crippen LogP contribution is -2.28. The second-order valence-electron chi connectivity index (χ2n) is 5.91. The number of hydrogen-bond donors (Lipinski definition) is 5. The number of aliphatic hydroxyl groups is 1. The van der Waals surface area contributed by atoms with E-state index in [1.54, 1.807) is 18.2 Å². The van der Waals surface area contributed by atoms with E-state index < -0.39 is 6.29 Å². The predicted molar refractivity (Wildman–Crippen MR) is 99.7 cm³/mol. The third-order valence-electron chi connectivity index (χ3n) is 3.77. The Morgan fingerprint density at radius 3 is 2.69 bits per heavy atom.